The number of thiazole rings is 1. The fourth-order valence-electron chi connectivity index (χ4n) is 2.92. The molecule has 0 saturated heterocycles. The fourth-order valence-corrected chi connectivity index (χ4v) is 3.91. The molecular weight excluding hydrogens is 316 g/mol. The van der Waals surface area contributed by atoms with E-state index < -0.39 is 0 Å². The third-order valence-corrected chi connectivity index (χ3v) is 5.51. The third-order valence-electron chi connectivity index (χ3n) is 4.54. The topological polar surface area (TPSA) is 34.4 Å². The van der Waals surface area contributed by atoms with Gasteiger partial charge in [-0.25, -0.2) is 9.38 Å². The van der Waals surface area contributed by atoms with Crippen LogP contribution in [0, 0.1) is 13.8 Å². The van der Waals surface area contributed by atoms with Crippen molar-refractivity contribution in [1.29, 1.82) is 0 Å². The number of rotatable bonds is 2. The standard InChI is InChI=1S/C20H18N2OS/c1-4-14-5-7-15(8-6-14)11-18-19(23)22-17-10-13(3)12(2)9-16(17)21-20(22)24-18/h5-11H,4H2,1-3H3/b18-11-. The molecule has 0 unspecified atom stereocenters. The average molecular weight is 334 g/mol. The van der Waals surface area contributed by atoms with Crippen LogP contribution in [-0.2, 0) is 6.42 Å². The van der Waals surface area contributed by atoms with Gasteiger partial charge in [0.05, 0.1) is 15.6 Å². The summed E-state index contributed by atoms with van der Waals surface area (Å²) in [5.41, 5.74) is 6.52. The van der Waals surface area contributed by atoms with E-state index in [1.54, 1.807) is 4.40 Å². The van der Waals surface area contributed by atoms with Gasteiger partial charge in [0.1, 0.15) is 0 Å². The summed E-state index contributed by atoms with van der Waals surface area (Å²) in [6, 6.07) is 12.4. The minimum Gasteiger partial charge on any atom is -0.267 e. The van der Waals surface area contributed by atoms with E-state index in [0.717, 1.165) is 32.5 Å². The molecule has 0 saturated carbocycles. The summed E-state index contributed by atoms with van der Waals surface area (Å²) in [6.45, 7) is 6.27. The van der Waals surface area contributed by atoms with Crippen molar-refractivity contribution in [2.45, 2.75) is 27.2 Å². The van der Waals surface area contributed by atoms with Crippen molar-refractivity contribution in [3.63, 3.8) is 0 Å². The summed E-state index contributed by atoms with van der Waals surface area (Å²) in [5, 5.41) is 0. The zero-order chi connectivity index (χ0) is 16.8. The molecule has 4 aromatic rings. The van der Waals surface area contributed by atoms with E-state index in [0.29, 0.717) is 0 Å². The second kappa shape index (κ2) is 5.56. The average Bonchev–Trinajstić information content (AvgIpc) is 3.06. The Hall–Kier alpha value is -2.46. The van der Waals surface area contributed by atoms with Gasteiger partial charge in [-0.2, -0.15) is 0 Å². The normalized spacial score (nSPS) is 12.5. The van der Waals surface area contributed by atoms with E-state index in [1.165, 1.54) is 28.0 Å². The van der Waals surface area contributed by atoms with Crippen LogP contribution in [0.1, 0.15) is 29.2 Å². The summed E-state index contributed by atoms with van der Waals surface area (Å²) in [4.78, 5) is 18.2. The minimum atomic E-state index is 0.0142. The molecule has 24 heavy (non-hydrogen) atoms. The lowest BCUT2D eigenvalue weighted by Crippen LogP contribution is -2.22. The van der Waals surface area contributed by atoms with Crippen molar-refractivity contribution >= 4 is 33.4 Å². The molecule has 0 fully saturated rings. The van der Waals surface area contributed by atoms with Gasteiger partial charge in [0.15, 0.2) is 4.96 Å². The van der Waals surface area contributed by atoms with Gasteiger partial charge in [-0.1, -0.05) is 42.5 Å². The Kier molecular flexibility index (Phi) is 3.50. The van der Waals surface area contributed by atoms with Crippen molar-refractivity contribution in [3.05, 3.63) is 73.5 Å². The Labute approximate surface area is 143 Å². The largest absolute Gasteiger partial charge is 0.274 e. The second-order valence-electron chi connectivity index (χ2n) is 6.17. The monoisotopic (exact) mass is 334 g/mol. The number of hydrogen-bond acceptors (Lipinski definition) is 3. The number of nitrogens with zero attached hydrogens (tertiary/aromatic N) is 2. The van der Waals surface area contributed by atoms with Crippen LogP contribution in [0.15, 0.2) is 41.2 Å². The molecule has 0 bridgehead atoms. The molecule has 120 valence electrons. The minimum absolute atomic E-state index is 0.0142. The Balaban J connectivity index is 1.94. The molecule has 4 rings (SSSR count). The number of aryl methyl sites for hydroxylation is 3. The van der Waals surface area contributed by atoms with Crippen molar-refractivity contribution < 1.29 is 0 Å². The van der Waals surface area contributed by atoms with Crippen LogP contribution in [0.25, 0.3) is 22.1 Å². The lowest BCUT2D eigenvalue weighted by Gasteiger charge is -1.98. The van der Waals surface area contributed by atoms with Crippen LogP contribution < -0.4 is 10.1 Å². The molecule has 0 aliphatic carbocycles. The van der Waals surface area contributed by atoms with Crippen molar-refractivity contribution in [3.8, 4) is 0 Å². The Morgan fingerprint density at radius 2 is 1.83 bits per heavy atom. The van der Waals surface area contributed by atoms with Gasteiger partial charge in [-0.05, 0) is 60.7 Å². The Bertz CT molecular complexity index is 1170. The van der Waals surface area contributed by atoms with Gasteiger partial charge in [0.25, 0.3) is 5.56 Å². The summed E-state index contributed by atoms with van der Waals surface area (Å²) in [7, 11) is 0. The van der Waals surface area contributed by atoms with Gasteiger partial charge in [0, 0.05) is 0 Å². The SMILES string of the molecule is CCc1ccc(/C=c2\sc3nc4cc(C)c(C)cc4n3c2=O)cc1. The highest BCUT2D eigenvalue weighted by Crippen LogP contribution is 2.20. The third kappa shape index (κ3) is 2.34. The van der Waals surface area contributed by atoms with Crippen LogP contribution in [0.5, 0.6) is 0 Å². The van der Waals surface area contributed by atoms with E-state index in [2.05, 4.69) is 62.2 Å². The predicted molar refractivity (Wildman–Crippen MR) is 101 cm³/mol. The van der Waals surface area contributed by atoms with Crippen LogP contribution in [0.3, 0.4) is 0 Å². The summed E-state index contributed by atoms with van der Waals surface area (Å²) >= 11 is 1.45. The lowest BCUT2D eigenvalue weighted by atomic mass is 10.1. The molecule has 0 amide bonds. The second-order valence-corrected chi connectivity index (χ2v) is 7.18. The number of fused-ring (bicyclic) bond motifs is 3. The van der Waals surface area contributed by atoms with Crippen LogP contribution >= 0.6 is 11.3 Å². The van der Waals surface area contributed by atoms with E-state index in [1.807, 2.05) is 6.08 Å². The number of benzene rings is 2. The van der Waals surface area contributed by atoms with Gasteiger partial charge in [-0.15, -0.1) is 0 Å². The molecule has 0 radical (unpaired) electrons. The first-order valence-electron chi connectivity index (χ1n) is 8.09. The first-order valence-corrected chi connectivity index (χ1v) is 8.91. The van der Waals surface area contributed by atoms with Crippen LogP contribution in [0.2, 0.25) is 0 Å². The first-order chi connectivity index (χ1) is 11.6. The predicted octanol–water partition coefficient (Wildman–Crippen LogP) is 3.64. The Morgan fingerprint density at radius 1 is 1.12 bits per heavy atom. The van der Waals surface area contributed by atoms with Crippen molar-refractivity contribution in [2.24, 2.45) is 0 Å². The molecule has 0 N–H and O–H groups in total. The maximum absolute atomic E-state index is 12.8. The maximum atomic E-state index is 12.8. The zero-order valence-corrected chi connectivity index (χ0v) is 14.8. The highest BCUT2D eigenvalue weighted by molar-refractivity contribution is 7.15. The molecule has 2 aromatic carbocycles. The molecule has 4 heteroatoms. The van der Waals surface area contributed by atoms with Gasteiger partial charge in [0.2, 0.25) is 0 Å². The first kappa shape index (κ1) is 15.1. The smallest absolute Gasteiger partial charge is 0.267 e. The fraction of sp³-hybridized carbons (Fsp3) is 0.200. The van der Waals surface area contributed by atoms with Crippen molar-refractivity contribution in [1.82, 2.24) is 9.38 Å². The maximum Gasteiger partial charge on any atom is 0.274 e. The highest BCUT2D eigenvalue weighted by atomic mass is 32.1. The Morgan fingerprint density at radius 3 is 2.54 bits per heavy atom. The highest BCUT2D eigenvalue weighted by Gasteiger charge is 2.12. The quantitative estimate of drug-likeness (QED) is 0.561. The number of imidazole rings is 1. The zero-order valence-electron chi connectivity index (χ0n) is 14.0. The van der Waals surface area contributed by atoms with E-state index >= 15 is 0 Å². The van der Waals surface area contributed by atoms with E-state index in [9.17, 15) is 4.79 Å². The van der Waals surface area contributed by atoms with E-state index in [4.69, 9.17) is 0 Å². The van der Waals surface area contributed by atoms with Gasteiger partial charge in [-0.3, -0.25) is 4.79 Å². The lowest BCUT2D eigenvalue weighted by molar-refractivity contribution is 1.14. The molecule has 2 heterocycles. The van der Waals surface area contributed by atoms with Crippen LogP contribution in [-0.4, -0.2) is 9.38 Å². The molecule has 0 atom stereocenters. The summed E-state index contributed by atoms with van der Waals surface area (Å²) < 4.78 is 2.46. The van der Waals surface area contributed by atoms with Gasteiger partial charge >= 0.3 is 0 Å². The number of hydrogen-bond donors (Lipinski definition) is 0. The van der Waals surface area contributed by atoms with Crippen LogP contribution in [0.4, 0.5) is 0 Å². The van der Waals surface area contributed by atoms with Gasteiger partial charge < -0.3 is 0 Å². The molecule has 0 aliphatic heterocycles. The van der Waals surface area contributed by atoms with Crippen molar-refractivity contribution in [2.75, 3.05) is 0 Å². The molecular formula is C20H18N2OS. The summed E-state index contributed by atoms with van der Waals surface area (Å²) in [5.74, 6) is 0. The molecule has 2 aromatic heterocycles. The number of aromatic nitrogens is 2. The van der Waals surface area contributed by atoms with E-state index in [-0.39, 0.29) is 5.56 Å². The molecule has 0 aliphatic rings. The summed E-state index contributed by atoms with van der Waals surface area (Å²) in [6.07, 6.45) is 2.97. The molecule has 3 nitrogen and oxygen atoms in total. The molecule has 0 spiro atoms.